The Kier molecular flexibility index (Phi) is 5.85. The van der Waals surface area contributed by atoms with E-state index >= 15 is 0 Å². The maximum absolute atomic E-state index is 12.6. The van der Waals surface area contributed by atoms with Gasteiger partial charge in [0.2, 0.25) is 17.6 Å². The van der Waals surface area contributed by atoms with Gasteiger partial charge < -0.3 is 9.42 Å². The molecule has 2 aliphatic rings. The summed E-state index contributed by atoms with van der Waals surface area (Å²) in [5.41, 5.74) is 0. The number of thiophene rings is 1. The third-order valence-electron chi connectivity index (χ3n) is 5.52. The van der Waals surface area contributed by atoms with Gasteiger partial charge in [-0.25, -0.2) is 0 Å². The van der Waals surface area contributed by atoms with Crippen LogP contribution >= 0.6 is 11.3 Å². The van der Waals surface area contributed by atoms with Crippen LogP contribution in [0.2, 0.25) is 0 Å². The Morgan fingerprint density at radius 1 is 1.22 bits per heavy atom. The van der Waals surface area contributed by atoms with Crippen molar-refractivity contribution in [2.45, 2.75) is 38.8 Å². The summed E-state index contributed by atoms with van der Waals surface area (Å²) in [4.78, 5) is 24.8. The molecular weight excluding hydrogens is 362 g/mol. The summed E-state index contributed by atoms with van der Waals surface area (Å²) in [5, 5.41) is 6.08. The SMILES string of the molecule is C[C@H]1CCCCN1C(=O)CN1CCN(Cc2nc(-c3cccs3)no2)CC1. The van der Waals surface area contributed by atoms with Gasteiger partial charge in [-0.3, -0.25) is 14.6 Å². The van der Waals surface area contributed by atoms with E-state index in [1.165, 1.54) is 6.42 Å². The van der Waals surface area contributed by atoms with E-state index < -0.39 is 0 Å². The molecule has 27 heavy (non-hydrogen) atoms. The van der Waals surface area contributed by atoms with Crippen LogP contribution in [0.5, 0.6) is 0 Å². The first-order valence-electron chi connectivity index (χ1n) is 9.79. The third kappa shape index (κ3) is 4.56. The lowest BCUT2D eigenvalue weighted by atomic mass is 10.0. The maximum Gasteiger partial charge on any atom is 0.241 e. The first-order chi connectivity index (χ1) is 13.2. The number of carbonyl (C=O) groups excluding carboxylic acids is 1. The number of hydrogen-bond acceptors (Lipinski definition) is 7. The molecular formula is C19H27N5O2S. The summed E-state index contributed by atoms with van der Waals surface area (Å²) in [6, 6.07) is 4.38. The number of likely N-dealkylation sites (tertiary alicyclic amines) is 1. The van der Waals surface area contributed by atoms with Crippen molar-refractivity contribution in [2.24, 2.45) is 0 Å². The predicted molar refractivity (Wildman–Crippen MR) is 104 cm³/mol. The Morgan fingerprint density at radius 3 is 2.78 bits per heavy atom. The zero-order valence-corrected chi connectivity index (χ0v) is 16.7. The van der Waals surface area contributed by atoms with Crippen LogP contribution in [0.15, 0.2) is 22.0 Å². The lowest BCUT2D eigenvalue weighted by molar-refractivity contribution is -0.136. The van der Waals surface area contributed by atoms with Gasteiger partial charge in [-0.1, -0.05) is 11.2 Å². The van der Waals surface area contributed by atoms with Crippen LogP contribution < -0.4 is 0 Å². The average molecular weight is 390 g/mol. The molecule has 1 atom stereocenters. The van der Waals surface area contributed by atoms with Gasteiger partial charge in [0, 0.05) is 38.8 Å². The van der Waals surface area contributed by atoms with Crippen molar-refractivity contribution in [1.29, 1.82) is 0 Å². The monoisotopic (exact) mass is 389 g/mol. The van der Waals surface area contributed by atoms with Gasteiger partial charge in [-0.2, -0.15) is 4.98 Å². The number of piperidine rings is 1. The Hall–Kier alpha value is -1.77. The van der Waals surface area contributed by atoms with Crippen molar-refractivity contribution in [3.8, 4) is 10.7 Å². The van der Waals surface area contributed by atoms with Crippen molar-refractivity contribution in [3.63, 3.8) is 0 Å². The van der Waals surface area contributed by atoms with Crippen LogP contribution in [0.25, 0.3) is 10.7 Å². The summed E-state index contributed by atoms with van der Waals surface area (Å²) in [7, 11) is 0. The standard InChI is InChI=1S/C19H27N5O2S/c1-15-5-2-3-7-24(15)18(25)14-23-10-8-22(9-11-23)13-17-20-19(21-26-17)16-6-4-12-27-16/h4,6,12,15H,2-3,5,7-11,13-14H2,1H3/t15-/m0/s1. The summed E-state index contributed by atoms with van der Waals surface area (Å²) in [5.74, 6) is 1.61. The molecule has 0 radical (unpaired) electrons. The van der Waals surface area contributed by atoms with Gasteiger partial charge >= 0.3 is 0 Å². The quantitative estimate of drug-likeness (QED) is 0.782. The van der Waals surface area contributed by atoms with E-state index in [4.69, 9.17) is 4.52 Å². The Bertz CT molecular complexity index is 739. The van der Waals surface area contributed by atoms with Crippen molar-refractivity contribution >= 4 is 17.2 Å². The molecule has 2 fully saturated rings. The van der Waals surface area contributed by atoms with Crippen molar-refractivity contribution in [2.75, 3.05) is 39.3 Å². The Morgan fingerprint density at radius 2 is 2.04 bits per heavy atom. The molecule has 1 amide bonds. The number of hydrogen-bond donors (Lipinski definition) is 0. The van der Waals surface area contributed by atoms with Crippen LogP contribution in [0.3, 0.4) is 0 Å². The van der Waals surface area contributed by atoms with Gasteiger partial charge in [-0.15, -0.1) is 11.3 Å². The topological polar surface area (TPSA) is 65.7 Å². The molecule has 8 heteroatoms. The smallest absolute Gasteiger partial charge is 0.241 e. The second kappa shape index (κ2) is 8.50. The van der Waals surface area contributed by atoms with E-state index in [2.05, 4.69) is 31.8 Å². The van der Waals surface area contributed by atoms with E-state index in [0.29, 0.717) is 30.8 Å². The molecule has 0 unspecified atom stereocenters. The van der Waals surface area contributed by atoms with Crippen LogP contribution in [0, 0.1) is 0 Å². The Labute approximate surface area is 163 Å². The highest BCUT2D eigenvalue weighted by Crippen LogP contribution is 2.22. The molecule has 7 nitrogen and oxygen atoms in total. The maximum atomic E-state index is 12.6. The minimum atomic E-state index is 0.285. The first kappa shape index (κ1) is 18.6. The van der Waals surface area contributed by atoms with Crippen molar-refractivity contribution in [3.05, 3.63) is 23.4 Å². The largest absolute Gasteiger partial charge is 0.339 e. The van der Waals surface area contributed by atoms with E-state index in [1.807, 2.05) is 17.5 Å². The number of piperazine rings is 1. The number of amides is 1. The van der Waals surface area contributed by atoms with Crippen LogP contribution in [-0.2, 0) is 11.3 Å². The highest BCUT2D eigenvalue weighted by atomic mass is 32.1. The van der Waals surface area contributed by atoms with Gasteiger partial charge in [0.15, 0.2) is 0 Å². The molecule has 0 aromatic carbocycles. The van der Waals surface area contributed by atoms with E-state index in [9.17, 15) is 4.79 Å². The average Bonchev–Trinajstić information content (AvgIpc) is 3.35. The summed E-state index contributed by atoms with van der Waals surface area (Å²) >= 11 is 1.61. The van der Waals surface area contributed by atoms with Gasteiger partial charge in [0.1, 0.15) is 0 Å². The second-order valence-corrected chi connectivity index (χ2v) is 8.42. The molecule has 4 heterocycles. The van der Waals surface area contributed by atoms with Gasteiger partial charge in [0.25, 0.3) is 0 Å². The molecule has 0 saturated carbocycles. The number of rotatable bonds is 5. The van der Waals surface area contributed by atoms with Crippen LogP contribution in [0.4, 0.5) is 0 Å². The molecule has 2 aliphatic heterocycles. The minimum absolute atomic E-state index is 0.285. The van der Waals surface area contributed by atoms with E-state index in [0.717, 1.165) is 50.4 Å². The zero-order chi connectivity index (χ0) is 18.6. The number of aromatic nitrogens is 2. The predicted octanol–water partition coefficient (Wildman–Crippen LogP) is 2.32. The van der Waals surface area contributed by atoms with Crippen molar-refractivity contribution in [1.82, 2.24) is 24.8 Å². The minimum Gasteiger partial charge on any atom is -0.339 e. The van der Waals surface area contributed by atoms with Gasteiger partial charge in [-0.05, 0) is 37.6 Å². The molecule has 2 aromatic heterocycles. The summed E-state index contributed by atoms with van der Waals surface area (Å²) < 4.78 is 5.40. The fraction of sp³-hybridized carbons (Fsp3) is 0.632. The number of carbonyl (C=O) groups is 1. The third-order valence-corrected chi connectivity index (χ3v) is 6.38. The Balaban J connectivity index is 1.24. The summed E-state index contributed by atoms with van der Waals surface area (Å²) in [6.45, 7) is 7.94. The lowest BCUT2D eigenvalue weighted by Gasteiger charge is -2.37. The number of nitrogens with zero attached hydrogens (tertiary/aromatic N) is 5. The van der Waals surface area contributed by atoms with Crippen molar-refractivity contribution < 1.29 is 9.32 Å². The molecule has 146 valence electrons. The lowest BCUT2D eigenvalue weighted by Crippen LogP contribution is -2.51. The normalized spacial score (nSPS) is 22.3. The van der Waals surface area contributed by atoms with Crippen LogP contribution in [-0.4, -0.2) is 76.1 Å². The highest BCUT2D eigenvalue weighted by Gasteiger charge is 2.26. The van der Waals surface area contributed by atoms with Crippen LogP contribution in [0.1, 0.15) is 32.1 Å². The van der Waals surface area contributed by atoms with E-state index in [-0.39, 0.29) is 5.91 Å². The zero-order valence-electron chi connectivity index (χ0n) is 15.8. The van der Waals surface area contributed by atoms with E-state index in [1.54, 1.807) is 11.3 Å². The second-order valence-electron chi connectivity index (χ2n) is 7.47. The fourth-order valence-corrected chi connectivity index (χ4v) is 4.52. The molecule has 0 aliphatic carbocycles. The molecule has 2 saturated heterocycles. The fourth-order valence-electron chi connectivity index (χ4n) is 3.87. The van der Waals surface area contributed by atoms with Gasteiger partial charge in [0.05, 0.1) is 18.0 Å². The molecule has 0 spiro atoms. The first-order valence-corrected chi connectivity index (χ1v) is 10.7. The summed E-state index contributed by atoms with van der Waals surface area (Å²) in [6.07, 6.45) is 3.52. The molecule has 0 N–H and O–H groups in total. The molecule has 4 rings (SSSR count). The molecule has 0 bridgehead atoms. The highest BCUT2D eigenvalue weighted by molar-refractivity contribution is 7.13. The molecule has 2 aromatic rings.